The maximum Gasteiger partial charge on any atom is 0.267 e. The summed E-state index contributed by atoms with van der Waals surface area (Å²) in [4.78, 5) is 23.7. The molecule has 1 aliphatic heterocycles. The highest BCUT2D eigenvalue weighted by Crippen LogP contribution is 2.16. The van der Waals surface area contributed by atoms with Crippen molar-refractivity contribution in [1.82, 2.24) is 15.1 Å². The SMILES string of the molecule is O=C(NCCn1nc2c(cc1=O)CCC2)C1CCOC1. The Morgan fingerprint density at radius 2 is 2.40 bits per heavy atom. The van der Waals surface area contributed by atoms with Gasteiger partial charge < -0.3 is 10.1 Å². The van der Waals surface area contributed by atoms with E-state index in [4.69, 9.17) is 4.74 Å². The van der Waals surface area contributed by atoms with Crippen molar-refractivity contribution in [1.29, 1.82) is 0 Å². The first-order valence-corrected chi connectivity index (χ1v) is 7.19. The van der Waals surface area contributed by atoms with Crippen molar-refractivity contribution in [2.75, 3.05) is 19.8 Å². The van der Waals surface area contributed by atoms with Crippen LogP contribution in [0.15, 0.2) is 10.9 Å². The van der Waals surface area contributed by atoms with Crippen LogP contribution in [-0.4, -0.2) is 35.4 Å². The van der Waals surface area contributed by atoms with Crippen molar-refractivity contribution >= 4 is 5.91 Å². The Morgan fingerprint density at radius 1 is 1.50 bits per heavy atom. The van der Waals surface area contributed by atoms with E-state index in [1.54, 1.807) is 6.07 Å². The van der Waals surface area contributed by atoms with E-state index < -0.39 is 0 Å². The number of nitrogens with one attached hydrogen (secondary N) is 1. The molecule has 2 aliphatic rings. The van der Waals surface area contributed by atoms with E-state index >= 15 is 0 Å². The average molecular weight is 277 g/mol. The zero-order valence-electron chi connectivity index (χ0n) is 11.4. The molecule has 0 spiro atoms. The molecule has 1 N–H and O–H groups in total. The van der Waals surface area contributed by atoms with E-state index in [0.717, 1.165) is 36.9 Å². The molecule has 0 radical (unpaired) electrons. The minimum Gasteiger partial charge on any atom is -0.381 e. The van der Waals surface area contributed by atoms with Gasteiger partial charge in [-0.15, -0.1) is 0 Å². The molecule has 20 heavy (non-hydrogen) atoms. The van der Waals surface area contributed by atoms with Crippen molar-refractivity contribution in [3.05, 3.63) is 27.7 Å². The van der Waals surface area contributed by atoms with Gasteiger partial charge in [0.1, 0.15) is 0 Å². The number of nitrogens with zero attached hydrogens (tertiary/aromatic N) is 2. The molecule has 0 aromatic carbocycles. The minimum atomic E-state index is -0.0795. The molecule has 1 fully saturated rings. The predicted molar refractivity (Wildman–Crippen MR) is 72.5 cm³/mol. The highest BCUT2D eigenvalue weighted by Gasteiger charge is 2.23. The second-order valence-electron chi connectivity index (χ2n) is 5.38. The molecule has 108 valence electrons. The summed E-state index contributed by atoms with van der Waals surface area (Å²) in [6.07, 6.45) is 3.76. The molecule has 3 rings (SSSR count). The molecule has 6 heteroatoms. The van der Waals surface area contributed by atoms with Crippen molar-refractivity contribution in [2.24, 2.45) is 5.92 Å². The fourth-order valence-corrected chi connectivity index (χ4v) is 2.77. The van der Waals surface area contributed by atoms with E-state index in [-0.39, 0.29) is 17.4 Å². The maximum atomic E-state index is 11.9. The Kier molecular flexibility index (Phi) is 3.82. The van der Waals surface area contributed by atoms with Crippen molar-refractivity contribution < 1.29 is 9.53 Å². The lowest BCUT2D eigenvalue weighted by Gasteiger charge is -2.10. The molecule has 1 aromatic heterocycles. The van der Waals surface area contributed by atoms with Crippen LogP contribution in [-0.2, 0) is 28.9 Å². The smallest absolute Gasteiger partial charge is 0.267 e. The van der Waals surface area contributed by atoms with Gasteiger partial charge in [0.15, 0.2) is 0 Å². The number of amides is 1. The lowest BCUT2D eigenvalue weighted by molar-refractivity contribution is -0.124. The van der Waals surface area contributed by atoms with Crippen molar-refractivity contribution in [3.63, 3.8) is 0 Å². The fraction of sp³-hybridized carbons (Fsp3) is 0.643. The van der Waals surface area contributed by atoms with E-state index in [9.17, 15) is 9.59 Å². The van der Waals surface area contributed by atoms with Gasteiger partial charge in [-0.05, 0) is 31.2 Å². The molecule has 1 unspecified atom stereocenters. The van der Waals surface area contributed by atoms with Gasteiger partial charge in [0, 0.05) is 19.2 Å². The van der Waals surface area contributed by atoms with Crippen LogP contribution in [0, 0.1) is 5.92 Å². The largest absolute Gasteiger partial charge is 0.381 e. The highest BCUT2D eigenvalue weighted by atomic mass is 16.5. The summed E-state index contributed by atoms with van der Waals surface area (Å²) >= 11 is 0. The molecule has 1 atom stereocenters. The summed E-state index contributed by atoms with van der Waals surface area (Å²) < 4.78 is 6.64. The molecule has 6 nitrogen and oxygen atoms in total. The zero-order valence-corrected chi connectivity index (χ0v) is 11.4. The molecule has 1 aromatic rings. The number of aromatic nitrogens is 2. The Bertz CT molecular complexity index is 561. The van der Waals surface area contributed by atoms with Crippen LogP contribution < -0.4 is 10.9 Å². The Balaban J connectivity index is 1.56. The summed E-state index contributed by atoms with van der Waals surface area (Å²) in [5, 5.41) is 7.22. The Hall–Kier alpha value is -1.69. The normalized spacial score (nSPS) is 20.9. The topological polar surface area (TPSA) is 73.2 Å². The molecule has 1 saturated heterocycles. The van der Waals surface area contributed by atoms with Gasteiger partial charge in [-0.1, -0.05) is 0 Å². The van der Waals surface area contributed by atoms with E-state index in [1.807, 2.05) is 0 Å². The van der Waals surface area contributed by atoms with Gasteiger partial charge >= 0.3 is 0 Å². The molecule has 0 bridgehead atoms. The lowest BCUT2D eigenvalue weighted by Crippen LogP contribution is -2.35. The third-order valence-corrected chi connectivity index (χ3v) is 3.95. The van der Waals surface area contributed by atoms with Gasteiger partial charge in [0.2, 0.25) is 5.91 Å². The first-order valence-electron chi connectivity index (χ1n) is 7.19. The molecular formula is C14H19N3O3. The number of fused-ring (bicyclic) bond motifs is 1. The number of carbonyl (C=O) groups excluding carboxylic acids is 1. The number of carbonyl (C=O) groups is 1. The fourth-order valence-electron chi connectivity index (χ4n) is 2.77. The van der Waals surface area contributed by atoms with Gasteiger partial charge in [0.25, 0.3) is 5.56 Å². The molecular weight excluding hydrogens is 258 g/mol. The quantitative estimate of drug-likeness (QED) is 0.833. The third-order valence-electron chi connectivity index (χ3n) is 3.95. The summed E-state index contributed by atoms with van der Waals surface area (Å²) in [6, 6.07) is 1.68. The number of ether oxygens (including phenoxy) is 1. The third kappa shape index (κ3) is 2.75. The Morgan fingerprint density at radius 3 is 3.20 bits per heavy atom. The van der Waals surface area contributed by atoms with Gasteiger partial charge in [-0.3, -0.25) is 9.59 Å². The van der Waals surface area contributed by atoms with E-state index in [2.05, 4.69) is 10.4 Å². The predicted octanol–water partition coefficient (Wildman–Crippen LogP) is -0.115. The summed E-state index contributed by atoms with van der Waals surface area (Å²) in [5.41, 5.74) is 2.03. The molecule has 0 saturated carbocycles. The van der Waals surface area contributed by atoms with Crippen LogP contribution in [0.2, 0.25) is 0 Å². The first kappa shape index (κ1) is 13.3. The maximum absolute atomic E-state index is 11.9. The Labute approximate surface area is 117 Å². The zero-order chi connectivity index (χ0) is 13.9. The number of aryl methyl sites for hydroxylation is 2. The van der Waals surface area contributed by atoms with Crippen molar-refractivity contribution in [2.45, 2.75) is 32.2 Å². The molecule has 1 amide bonds. The summed E-state index contributed by atoms with van der Waals surface area (Å²) in [6.45, 7) is 2.01. The van der Waals surface area contributed by atoms with Crippen molar-refractivity contribution in [3.8, 4) is 0 Å². The second-order valence-corrected chi connectivity index (χ2v) is 5.38. The molecule has 2 heterocycles. The van der Waals surface area contributed by atoms with Crippen LogP contribution >= 0.6 is 0 Å². The van der Waals surface area contributed by atoms with Crippen LogP contribution in [0.25, 0.3) is 0 Å². The highest BCUT2D eigenvalue weighted by molar-refractivity contribution is 5.78. The van der Waals surface area contributed by atoms with Crippen LogP contribution in [0.5, 0.6) is 0 Å². The minimum absolute atomic E-state index is 0.0108. The summed E-state index contributed by atoms with van der Waals surface area (Å²) in [5.74, 6) is -0.0311. The van der Waals surface area contributed by atoms with E-state index in [1.165, 1.54) is 4.68 Å². The van der Waals surface area contributed by atoms with Gasteiger partial charge in [-0.2, -0.15) is 5.10 Å². The van der Waals surface area contributed by atoms with Crippen LogP contribution in [0.3, 0.4) is 0 Å². The van der Waals surface area contributed by atoms with Gasteiger partial charge in [0.05, 0.1) is 24.8 Å². The first-order chi connectivity index (χ1) is 9.74. The van der Waals surface area contributed by atoms with Gasteiger partial charge in [-0.25, -0.2) is 4.68 Å². The average Bonchev–Trinajstić information content (AvgIpc) is 3.08. The standard InChI is InChI=1S/C14H19N3O3/c18-13-8-10-2-1-3-12(10)16-17(13)6-5-15-14(19)11-4-7-20-9-11/h8,11H,1-7,9H2,(H,15,19). The number of hydrogen-bond acceptors (Lipinski definition) is 4. The molecule has 1 aliphatic carbocycles. The summed E-state index contributed by atoms with van der Waals surface area (Å²) in [7, 11) is 0. The van der Waals surface area contributed by atoms with E-state index in [0.29, 0.717) is 26.3 Å². The number of rotatable bonds is 4. The lowest BCUT2D eigenvalue weighted by atomic mass is 10.1. The second kappa shape index (κ2) is 5.75. The van der Waals surface area contributed by atoms with Crippen LogP contribution in [0.1, 0.15) is 24.1 Å². The number of hydrogen-bond donors (Lipinski definition) is 1. The van der Waals surface area contributed by atoms with Crippen LogP contribution in [0.4, 0.5) is 0 Å². The monoisotopic (exact) mass is 277 g/mol.